The van der Waals surface area contributed by atoms with Crippen molar-refractivity contribution in [3.63, 3.8) is 0 Å². The largest absolute Gasteiger partial charge is 0.549 e. The van der Waals surface area contributed by atoms with Gasteiger partial charge in [-0.15, -0.1) is 0 Å². The maximum Gasteiger partial charge on any atom is 0.0489 e. The van der Waals surface area contributed by atoms with Crippen molar-refractivity contribution >= 4 is 5.97 Å². The van der Waals surface area contributed by atoms with Gasteiger partial charge in [0.2, 0.25) is 0 Å². The summed E-state index contributed by atoms with van der Waals surface area (Å²) in [6.07, 6.45) is 0.575. The monoisotopic (exact) mass is 177 g/mol. The van der Waals surface area contributed by atoms with Crippen LogP contribution in [0.5, 0.6) is 0 Å². The second kappa shape index (κ2) is 4.08. The van der Waals surface area contributed by atoms with Crippen LogP contribution in [0.4, 0.5) is 0 Å². The molecule has 0 N–H and O–H groups in total. The molecule has 0 radical (unpaired) electrons. The van der Waals surface area contributed by atoms with Gasteiger partial charge in [0.1, 0.15) is 0 Å². The summed E-state index contributed by atoms with van der Waals surface area (Å²) in [7, 11) is 0. The van der Waals surface area contributed by atoms with Crippen molar-refractivity contribution < 1.29 is 9.90 Å². The number of hydrogen-bond donors (Lipinski definition) is 0. The van der Waals surface area contributed by atoms with E-state index in [-0.39, 0.29) is 0 Å². The van der Waals surface area contributed by atoms with Crippen molar-refractivity contribution in [3.05, 3.63) is 35.4 Å². The standard InChI is InChI=1S/C11H14O2/c1-3-10(11(12)13)9-6-4-8(2)5-7-9/h4-7,10H,3H2,1-2H3,(H,12,13)/p-1/t10-/m0/s1. The predicted molar refractivity (Wildman–Crippen MR) is 49.2 cm³/mol. The van der Waals surface area contributed by atoms with E-state index in [4.69, 9.17) is 0 Å². The van der Waals surface area contributed by atoms with E-state index < -0.39 is 11.9 Å². The van der Waals surface area contributed by atoms with Gasteiger partial charge in [-0.25, -0.2) is 0 Å². The lowest BCUT2D eigenvalue weighted by Gasteiger charge is -2.16. The molecule has 1 atom stereocenters. The minimum atomic E-state index is -0.994. The number of rotatable bonds is 3. The van der Waals surface area contributed by atoms with Gasteiger partial charge in [-0.1, -0.05) is 36.8 Å². The fraction of sp³-hybridized carbons (Fsp3) is 0.364. The molecule has 0 saturated carbocycles. The first-order valence-electron chi connectivity index (χ1n) is 4.42. The summed E-state index contributed by atoms with van der Waals surface area (Å²) in [5, 5.41) is 10.7. The van der Waals surface area contributed by atoms with Crippen LogP contribution in [0, 0.1) is 6.92 Å². The summed E-state index contributed by atoms with van der Waals surface area (Å²) < 4.78 is 0. The van der Waals surface area contributed by atoms with E-state index in [0.717, 1.165) is 11.1 Å². The van der Waals surface area contributed by atoms with Gasteiger partial charge >= 0.3 is 0 Å². The molecule has 0 amide bonds. The smallest absolute Gasteiger partial charge is 0.0489 e. The molecule has 0 aliphatic carbocycles. The normalized spacial score (nSPS) is 12.5. The molecule has 0 bridgehead atoms. The summed E-state index contributed by atoms with van der Waals surface area (Å²) in [4.78, 5) is 10.7. The number of carbonyl (C=O) groups excluding carboxylic acids is 1. The quantitative estimate of drug-likeness (QED) is 0.696. The average Bonchev–Trinajstić information content (AvgIpc) is 2.09. The average molecular weight is 177 g/mol. The van der Waals surface area contributed by atoms with Crippen LogP contribution in [0.15, 0.2) is 24.3 Å². The zero-order valence-corrected chi connectivity index (χ0v) is 7.91. The van der Waals surface area contributed by atoms with Crippen LogP contribution in [0.25, 0.3) is 0 Å². The van der Waals surface area contributed by atoms with E-state index in [1.165, 1.54) is 0 Å². The van der Waals surface area contributed by atoms with Gasteiger partial charge in [-0.3, -0.25) is 0 Å². The number of aryl methyl sites for hydroxylation is 1. The molecular weight excluding hydrogens is 164 g/mol. The maximum atomic E-state index is 10.7. The molecule has 0 aliphatic heterocycles. The van der Waals surface area contributed by atoms with Gasteiger partial charge in [-0.2, -0.15) is 0 Å². The number of carbonyl (C=O) groups is 1. The van der Waals surface area contributed by atoms with Gasteiger partial charge in [0.05, 0.1) is 0 Å². The first kappa shape index (κ1) is 9.78. The highest BCUT2D eigenvalue weighted by atomic mass is 16.4. The fourth-order valence-electron chi connectivity index (χ4n) is 1.34. The third-order valence-electron chi connectivity index (χ3n) is 2.17. The van der Waals surface area contributed by atoms with E-state index in [0.29, 0.717) is 6.42 Å². The summed E-state index contributed by atoms with van der Waals surface area (Å²) >= 11 is 0. The molecule has 0 fully saturated rings. The molecule has 0 aliphatic rings. The molecule has 13 heavy (non-hydrogen) atoms. The number of aliphatic carboxylic acids is 1. The van der Waals surface area contributed by atoms with Gasteiger partial charge in [0.15, 0.2) is 0 Å². The second-order valence-electron chi connectivity index (χ2n) is 3.19. The van der Waals surface area contributed by atoms with Gasteiger partial charge in [-0.05, 0) is 18.9 Å². The van der Waals surface area contributed by atoms with E-state index in [1.807, 2.05) is 38.1 Å². The lowest BCUT2D eigenvalue weighted by atomic mass is 9.96. The topological polar surface area (TPSA) is 40.1 Å². The van der Waals surface area contributed by atoms with Crippen LogP contribution in [0.2, 0.25) is 0 Å². The lowest BCUT2D eigenvalue weighted by Crippen LogP contribution is -2.29. The van der Waals surface area contributed by atoms with Crippen LogP contribution in [0.3, 0.4) is 0 Å². The number of benzene rings is 1. The Bertz CT molecular complexity index is 287. The fourth-order valence-corrected chi connectivity index (χ4v) is 1.34. The van der Waals surface area contributed by atoms with E-state index in [9.17, 15) is 9.90 Å². The van der Waals surface area contributed by atoms with E-state index >= 15 is 0 Å². The van der Waals surface area contributed by atoms with E-state index in [1.54, 1.807) is 0 Å². The third-order valence-corrected chi connectivity index (χ3v) is 2.17. The Labute approximate surface area is 78.2 Å². The molecule has 1 rings (SSSR count). The van der Waals surface area contributed by atoms with Crippen molar-refractivity contribution in [2.75, 3.05) is 0 Å². The van der Waals surface area contributed by atoms with Crippen molar-refractivity contribution in [3.8, 4) is 0 Å². The molecule has 1 aromatic carbocycles. The molecule has 0 heterocycles. The Morgan fingerprint density at radius 3 is 2.31 bits per heavy atom. The third kappa shape index (κ3) is 2.31. The predicted octanol–water partition coefficient (Wildman–Crippen LogP) is 1.24. The second-order valence-corrected chi connectivity index (χ2v) is 3.19. The van der Waals surface area contributed by atoms with Crippen LogP contribution in [-0.4, -0.2) is 5.97 Å². The Hall–Kier alpha value is -1.31. The minimum Gasteiger partial charge on any atom is -0.549 e. The highest BCUT2D eigenvalue weighted by Gasteiger charge is 2.09. The Kier molecular flexibility index (Phi) is 3.07. The highest BCUT2D eigenvalue weighted by Crippen LogP contribution is 2.18. The van der Waals surface area contributed by atoms with Crippen molar-refractivity contribution in [1.82, 2.24) is 0 Å². The van der Waals surface area contributed by atoms with Crippen molar-refractivity contribution in [2.45, 2.75) is 26.2 Å². The first-order chi connectivity index (χ1) is 6.15. The summed E-state index contributed by atoms with van der Waals surface area (Å²) in [5.41, 5.74) is 1.96. The zero-order chi connectivity index (χ0) is 9.84. The lowest BCUT2D eigenvalue weighted by molar-refractivity contribution is -0.308. The summed E-state index contributed by atoms with van der Waals surface area (Å²) in [5.74, 6) is -1.47. The summed E-state index contributed by atoms with van der Waals surface area (Å²) in [6, 6.07) is 7.53. The Morgan fingerprint density at radius 1 is 1.38 bits per heavy atom. The molecule has 0 saturated heterocycles. The SMILES string of the molecule is CC[C@H](C(=O)[O-])c1ccc(C)cc1. The molecule has 0 aromatic heterocycles. The van der Waals surface area contributed by atoms with Crippen molar-refractivity contribution in [1.29, 1.82) is 0 Å². The number of carboxylic acid groups (broad SMARTS) is 1. The van der Waals surface area contributed by atoms with Gasteiger partial charge in [0, 0.05) is 11.9 Å². The highest BCUT2D eigenvalue weighted by molar-refractivity contribution is 5.73. The molecule has 2 heteroatoms. The molecule has 1 aromatic rings. The summed E-state index contributed by atoms with van der Waals surface area (Å²) in [6.45, 7) is 3.82. The molecular formula is C11H13O2-. The van der Waals surface area contributed by atoms with Gasteiger partial charge in [0.25, 0.3) is 0 Å². The van der Waals surface area contributed by atoms with Crippen LogP contribution in [-0.2, 0) is 4.79 Å². The molecule has 70 valence electrons. The van der Waals surface area contributed by atoms with Gasteiger partial charge < -0.3 is 9.90 Å². The minimum absolute atomic E-state index is 0.472. The maximum absolute atomic E-state index is 10.7. The molecule has 2 nitrogen and oxygen atoms in total. The number of carboxylic acids is 1. The van der Waals surface area contributed by atoms with Crippen LogP contribution in [0.1, 0.15) is 30.4 Å². The molecule has 0 unspecified atom stereocenters. The zero-order valence-electron chi connectivity index (χ0n) is 7.91. The van der Waals surface area contributed by atoms with Crippen molar-refractivity contribution in [2.24, 2.45) is 0 Å². The first-order valence-corrected chi connectivity index (χ1v) is 4.42. The number of hydrogen-bond acceptors (Lipinski definition) is 2. The van der Waals surface area contributed by atoms with E-state index in [2.05, 4.69) is 0 Å². The Balaban J connectivity index is 2.92. The molecule has 0 spiro atoms. The van der Waals surface area contributed by atoms with Crippen LogP contribution >= 0.6 is 0 Å². The van der Waals surface area contributed by atoms with Crippen LogP contribution < -0.4 is 5.11 Å². The Morgan fingerprint density at radius 2 is 1.92 bits per heavy atom.